The Bertz CT molecular complexity index is 943. The van der Waals surface area contributed by atoms with Crippen LogP contribution < -0.4 is 4.90 Å². The second kappa shape index (κ2) is 6.92. The van der Waals surface area contributed by atoms with Crippen LogP contribution in [0, 0.1) is 5.82 Å². The normalized spacial score (nSPS) is 14.0. The lowest BCUT2D eigenvalue weighted by molar-refractivity contribution is 0.112. The Balaban J connectivity index is 1.62. The summed E-state index contributed by atoms with van der Waals surface area (Å²) in [5, 5.41) is 11.6. The zero-order valence-electron chi connectivity index (χ0n) is 14.1. The highest BCUT2D eigenvalue weighted by molar-refractivity contribution is 7.14. The van der Waals surface area contributed by atoms with Gasteiger partial charge in [-0.15, -0.1) is 11.3 Å². The summed E-state index contributed by atoms with van der Waals surface area (Å²) in [6, 6.07) is 13.2. The molecule has 0 atom stereocenters. The van der Waals surface area contributed by atoms with E-state index in [-0.39, 0.29) is 5.56 Å². The zero-order valence-corrected chi connectivity index (χ0v) is 14.9. The van der Waals surface area contributed by atoms with Crippen molar-refractivity contribution in [3.63, 3.8) is 0 Å². The van der Waals surface area contributed by atoms with Gasteiger partial charge in [0.05, 0.1) is 5.56 Å². The van der Waals surface area contributed by atoms with Gasteiger partial charge < -0.3 is 10.0 Å². The van der Waals surface area contributed by atoms with Crippen molar-refractivity contribution in [1.29, 1.82) is 0 Å². The topological polar surface area (TPSA) is 40.5 Å². The van der Waals surface area contributed by atoms with Gasteiger partial charge in [0.1, 0.15) is 0 Å². The van der Waals surface area contributed by atoms with Crippen molar-refractivity contribution in [2.45, 2.75) is 12.8 Å². The van der Waals surface area contributed by atoms with Gasteiger partial charge in [0.15, 0.2) is 17.9 Å². The fourth-order valence-corrected chi connectivity index (χ4v) is 4.24. The molecule has 0 saturated carbocycles. The van der Waals surface area contributed by atoms with Crippen LogP contribution in [0.25, 0.3) is 21.6 Å². The van der Waals surface area contributed by atoms with E-state index in [1.807, 2.05) is 11.4 Å². The zero-order chi connectivity index (χ0) is 18.1. The fraction of sp³-hybridized carbons (Fsp3) is 0.190. The summed E-state index contributed by atoms with van der Waals surface area (Å²) in [6.45, 7) is 2.24. The summed E-state index contributed by atoms with van der Waals surface area (Å²) >= 11 is 1.49. The number of phenols is 1. The van der Waals surface area contributed by atoms with E-state index >= 15 is 0 Å². The third-order valence-electron chi connectivity index (χ3n) is 4.78. The number of aromatic hydroxyl groups is 1. The van der Waals surface area contributed by atoms with E-state index in [1.165, 1.54) is 42.0 Å². The molecule has 5 heteroatoms. The van der Waals surface area contributed by atoms with Gasteiger partial charge in [0, 0.05) is 23.7 Å². The Labute approximate surface area is 155 Å². The van der Waals surface area contributed by atoms with Gasteiger partial charge in [-0.2, -0.15) is 0 Å². The largest absolute Gasteiger partial charge is 0.504 e. The first-order valence-electron chi connectivity index (χ1n) is 8.57. The van der Waals surface area contributed by atoms with Crippen LogP contribution in [0.5, 0.6) is 5.75 Å². The Kier molecular flexibility index (Phi) is 4.47. The van der Waals surface area contributed by atoms with E-state index in [4.69, 9.17) is 0 Å². The average molecular weight is 367 g/mol. The molecule has 3 aromatic rings. The standard InChI is InChI=1S/C21H18FNO2S/c22-19-10-15(9-16(12-24)21(19)25)20-11-17(13-26-20)14-3-5-18(6-4-14)23-7-1-2-8-23/h3-6,9-13,25H,1-2,7-8H2. The summed E-state index contributed by atoms with van der Waals surface area (Å²) in [4.78, 5) is 14.2. The Morgan fingerprint density at radius 1 is 1.00 bits per heavy atom. The van der Waals surface area contributed by atoms with Gasteiger partial charge >= 0.3 is 0 Å². The molecule has 0 aliphatic carbocycles. The lowest BCUT2D eigenvalue weighted by atomic mass is 10.1. The third-order valence-corrected chi connectivity index (χ3v) is 5.75. The van der Waals surface area contributed by atoms with E-state index < -0.39 is 11.6 Å². The van der Waals surface area contributed by atoms with Gasteiger partial charge in [-0.25, -0.2) is 4.39 Å². The number of phenolic OH excluding ortho intramolecular Hbond substituents is 1. The maximum absolute atomic E-state index is 13.8. The minimum absolute atomic E-state index is 0.0371. The van der Waals surface area contributed by atoms with Crippen molar-refractivity contribution in [1.82, 2.24) is 0 Å². The average Bonchev–Trinajstić information content (AvgIpc) is 3.36. The number of thiophene rings is 1. The SMILES string of the molecule is O=Cc1cc(-c2cc(-c3ccc(N4CCCC4)cc3)cs2)cc(F)c1O. The lowest BCUT2D eigenvalue weighted by Gasteiger charge is -2.17. The molecule has 0 amide bonds. The van der Waals surface area contributed by atoms with E-state index in [0.717, 1.165) is 29.1 Å². The van der Waals surface area contributed by atoms with Crippen LogP contribution in [-0.2, 0) is 0 Å². The maximum Gasteiger partial charge on any atom is 0.166 e. The first-order valence-corrected chi connectivity index (χ1v) is 9.45. The number of anilines is 1. The van der Waals surface area contributed by atoms with Crippen molar-refractivity contribution in [3.8, 4) is 27.3 Å². The molecule has 26 heavy (non-hydrogen) atoms. The predicted octanol–water partition coefficient (Wildman–Crippen LogP) is 5.34. The van der Waals surface area contributed by atoms with Crippen molar-refractivity contribution >= 4 is 23.3 Å². The van der Waals surface area contributed by atoms with Crippen molar-refractivity contribution < 1.29 is 14.3 Å². The number of carbonyl (C=O) groups excluding carboxylic acids is 1. The molecule has 4 rings (SSSR count). The molecule has 1 aromatic heterocycles. The van der Waals surface area contributed by atoms with Crippen LogP contribution in [0.4, 0.5) is 10.1 Å². The first-order chi connectivity index (χ1) is 12.7. The summed E-state index contributed by atoms with van der Waals surface area (Å²) in [5.41, 5.74) is 3.96. The minimum Gasteiger partial charge on any atom is -0.504 e. The second-order valence-electron chi connectivity index (χ2n) is 6.45. The molecule has 2 aromatic carbocycles. The Morgan fingerprint density at radius 2 is 1.73 bits per heavy atom. The van der Waals surface area contributed by atoms with Gasteiger partial charge in [-0.05, 0) is 65.2 Å². The van der Waals surface area contributed by atoms with E-state index in [1.54, 1.807) is 0 Å². The molecule has 0 bridgehead atoms. The van der Waals surface area contributed by atoms with Crippen LogP contribution in [-0.4, -0.2) is 24.5 Å². The molecule has 0 radical (unpaired) electrons. The highest BCUT2D eigenvalue weighted by atomic mass is 32.1. The van der Waals surface area contributed by atoms with Crippen LogP contribution in [0.15, 0.2) is 47.8 Å². The van der Waals surface area contributed by atoms with Gasteiger partial charge in [0.2, 0.25) is 0 Å². The summed E-state index contributed by atoms with van der Waals surface area (Å²) < 4.78 is 13.8. The van der Waals surface area contributed by atoms with Crippen LogP contribution in [0.3, 0.4) is 0 Å². The van der Waals surface area contributed by atoms with Gasteiger partial charge in [-0.3, -0.25) is 4.79 Å². The molecule has 132 valence electrons. The monoisotopic (exact) mass is 367 g/mol. The molecule has 2 heterocycles. The Hall–Kier alpha value is -2.66. The highest BCUT2D eigenvalue weighted by Crippen LogP contribution is 2.36. The quantitative estimate of drug-likeness (QED) is 0.633. The van der Waals surface area contributed by atoms with Crippen LogP contribution in [0.1, 0.15) is 23.2 Å². The molecule has 1 aliphatic rings. The second-order valence-corrected chi connectivity index (χ2v) is 7.37. The summed E-state index contributed by atoms with van der Waals surface area (Å²) in [5.74, 6) is -1.38. The van der Waals surface area contributed by atoms with Crippen molar-refractivity contribution in [2.75, 3.05) is 18.0 Å². The van der Waals surface area contributed by atoms with Crippen molar-refractivity contribution in [2.24, 2.45) is 0 Å². The predicted molar refractivity (Wildman–Crippen MR) is 104 cm³/mol. The van der Waals surface area contributed by atoms with E-state index in [0.29, 0.717) is 11.8 Å². The fourth-order valence-electron chi connectivity index (χ4n) is 3.33. The van der Waals surface area contributed by atoms with Gasteiger partial charge in [-0.1, -0.05) is 12.1 Å². The number of aldehydes is 1. The molecular weight excluding hydrogens is 349 g/mol. The maximum atomic E-state index is 13.8. The highest BCUT2D eigenvalue weighted by Gasteiger charge is 2.14. The lowest BCUT2D eigenvalue weighted by Crippen LogP contribution is -2.17. The number of halogens is 1. The number of benzene rings is 2. The van der Waals surface area contributed by atoms with E-state index in [9.17, 15) is 14.3 Å². The third kappa shape index (κ3) is 3.10. The molecule has 1 aliphatic heterocycles. The number of nitrogens with zero attached hydrogens (tertiary/aromatic N) is 1. The number of hydrogen-bond acceptors (Lipinski definition) is 4. The molecule has 1 saturated heterocycles. The van der Waals surface area contributed by atoms with Gasteiger partial charge in [0.25, 0.3) is 0 Å². The molecular formula is C21H18FNO2S. The summed E-state index contributed by atoms with van der Waals surface area (Å²) in [6.07, 6.45) is 2.97. The number of hydrogen-bond donors (Lipinski definition) is 1. The first kappa shape index (κ1) is 16.8. The molecule has 1 N–H and O–H groups in total. The minimum atomic E-state index is -0.783. The smallest absolute Gasteiger partial charge is 0.166 e. The Morgan fingerprint density at radius 3 is 2.42 bits per heavy atom. The molecule has 3 nitrogen and oxygen atoms in total. The number of rotatable bonds is 4. The van der Waals surface area contributed by atoms with Crippen molar-refractivity contribution in [3.05, 3.63) is 59.2 Å². The summed E-state index contributed by atoms with van der Waals surface area (Å²) in [7, 11) is 0. The molecule has 0 unspecified atom stereocenters. The molecule has 0 spiro atoms. The molecule has 1 fully saturated rings. The van der Waals surface area contributed by atoms with Crippen LogP contribution >= 0.6 is 11.3 Å². The number of carbonyl (C=O) groups is 1. The van der Waals surface area contributed by atoms with E-state index in [2.05, 4.69) is 29.2 Å². The van der Waals surface area contributed by atoms with Crippen LogP contribution in [0.2, 0.25) is 0 Å².